The van der Waals surface area contributed by atoms with Gasteiger partial charge < -0.3 is 19.5 Å². The number of halogens is 1. The maximum atomic E-state index is 12.0. The summed E-state index contributed by atoms with van der Waals surface area (Å²) in [5, 5.41) is 2.77. The molecular weight excluding hydrogens is 382 g/mol. The number of carbonyl (C=O) groups excluding carboxylic acids is 3. The summed E-state index contributed by atoms with van der Waals surface area (Å²) < 4.78 is 15.5. The van der Waals surface area contributed by atoms with Crippen molar-refractivity contribution in [1.29, 1.82) is 0 Å². The number of anilines is 1. The zero-order chi connectivity index (χ0) is 18.1. The highest BCUT2D eigenvalue weighted by Gasteiger charge is 2.39. The topological polar surface area (TPSA) is 90.9 Å². The van der Waals surface area contributed by atoms with Crippen molar-refractivity contribution in [3.63, 3.8) is 0 Å². The lowest BCUT2D eigenvalue weighted by Crippen LogP contribution is -2.42. The molecule has 24 heavy (non-hydrogen) atoms. The van der Waals surface area contributed by atoms with Crippen molar-refractivity contribution in [1.82, 2.24) is 0 Å². The van der Waals surface area contributed by atoms with Gasteiger partial charge in [-0.2, -0.15) is 0 Å². The van der Waals surface area contributed by atoms with E-state index in [1.54, 1.807) is 19.1 Å². The van der Waals surface area contributed by atoms with Crippen molar-refractivity contribution in [2.45, 2.75) is 26.6 Å². The van der Waals surface area contributed by atoms with Crippen molar-refractivity contribution in [3.8, 4) is 0 Å². The fourth-order valence-electron chi connectivity index (χ4n) is 2.10. The summed E-state index contributed by atoms with van der Waals surface area (Å²) in [6.07, 6.45) is 1.15. The fraction of sp³-hybridized carbons (Fsp3) is 0.312. The highest BCUT2D eigenvalue weighted by atomic mass is 79.9. The number of rotatable bonds is 3. The van der Waals surface area contributed by atoms with Gasteiger partial charge in [-0.3, -0.25) is 0 Å². The summed E-state index contributed by atoms with van der Waals surface area (Å²) in [7, 11) is 1.27. The van der Waals surface area contributed by atoms with E-state index in [2.05, 4.69) is 21.2 Å². The van der Waals surface area contributed by atoms with Crippen LogP contribution in [-0.4, -0.2) is 30.8 Å². The minimum absolute atomic E-state index is 0.279. The van der Waals surface area contributed by atoms with Crippen LogP contribution in [0.5, 0.6) is 0 Å². The molecule has 0 bridgehead atoms. The second-order valence-electron chi connectivity index (χ2n) is 5.47. The Labute approximate surface area is 147 Å². The molecule has 1 heterocycles. The quantitative estimate of drug-likeness (QED) is 0.476. The SMILES string of the molecule is COC(=O)c1c(NC=C2C(=O)OC(C)(C)OC2=O)ccc(Br)c1C. The summed E-state index contributed by atoms with van der Waals surface area (Å²) in [5.74, 6) is -3.48. The Kier molecular flexibility index (Phi) is 4.98. The van der Waals surface area contributed by atoms with Gasteiger partial charge >= 0.3 is 17.9 Å². The molecule has 8 heteroatoms. The van der Waals surface area contributed by atoms with Gasteiger partial charge in [-0.05, 0) is 24.6 Å². The molecule has 1 fully saturated rings. The lowest BCUT2D eigenvalue weighted by Gasteiger charge is -2.29. The van der Waals surface area contributed by atoms with Crippen molar-refractivity contribution in [2.75, 3.05) is 12.4 Å². The summed E-state index contributed by atoms with van der Waals surface area (Å²) in [6.45, 7) is 4.65. The van der Waals surface area contributed by atoms with E-state index in [0.717, 1.165) is 10.7 Å². The number of benzene rings is 1. The van der Waals surface area contributed by atoms with Gasteiger partial charge in [-0.1, -0.05) is 15.9 Å². The Bertz CT molecular complexity index is 731. The molecule has 1 N–H and O–H groups in total. The van der Waals surface area contributed by atoms with Gasteiger partial charge in [0.1, 0.15) is 0 Å². The second-order valence-corrected chi connectivity index (χ2v) is 6.32. The van der Waals surface area contributed by atoms with Gasteiger partial charge in [0.2, 0.25) is 0 Å². The molecular formula is C16H16BrNO6. The van der Waals surface area contributed by atoms with E-state index in [0.29, 0.717) is 11.3 Å². The van der Waals surface area contributed by atoms with Gasteiger partial charge in [0.15, 0.2) is 5.57 Å². The molecule has 0 unspecified atom stereocenters. The standard InChI is InChI=1S/C16H16BrNO6/c1-8-10(17)5-6-11(12(8)15(21)22-4)18-7-9-13(19)23-16(2,3)24-14(9)20/h5-7,18H,1-4H3. The first-order valence-corrected chi connectivity index (χ1v) is 7.76. The smallest absolute Gasteiger partial charge is 0.350 e. The predicted octanol–water partition coefficient (Wildman–Crippen LogP) is 2.68. The molecule has 1 aromatic rings. The summed E-state index contributed by atoms with van der Waals surface area (Å²) in [5.41, 5.74) is 1.01. The van der Waals surface area contributed by atoms with Crippen molar-refractivity contribution in [3.05, 3.63) is 39.5 Å². The molecule has 0 aliphatic carbocycles. The zero-order valence-electron chi connectivity index (χ0n) is 13.6. The van der Waals surface area contributed by atoms with Gasteiger partial charge in [0.25, 0.3) is 5.79 Å². The Morgan fingerprint density at radius 3 is 2.38 bits per heavy atom. The Morgan fingerprint density at radius 1 is 1.25 bits per heavy atom. The summed E-state index contributed by atoms with van der Waals surface area (Å²) >= 11 is 3.34. The molecule has 1 aliphatic rings. The van der Waals surface area contributed by atoms with Crippen molar-refractivity contribution in [2.24, 2.45) is 0 Å². The summed E-state index contributed by atoms with van der Waals surface area (Å²) in [6, 6.07) is 3.34. The van der Waals surface area contributed by atoms with Crippen molar-refractivity contribution >= 4 is 39.5 Å². The summed E-state index contributed by atoms with van der Waals surface area (Å²) in [4.78, 5) is 35.8. The molecule has 1 aliphatic heterocycles. The van der Waals surface area contributed by atoms with Crippen LogP contribution < -0.4 is 5.32 Å². The van der Waals surface area contributed by atoms with E-state index < -0.39 is 23.7 Å². The number of nitrogens with one attached hydrogen (secondary N) is 1. The third-order valence-electron chi connectivity index (χ3n) is 3.28. The van der Waals surface area contributed by atoms with Gasteiger partial charge in [-0.25, -0.2) is 14.4 Å². The molecule has 0 radical (unpaired) electrons. The molecule has 0 amide bonds. The zero-order valence-corrected chi connectivity index (χ0v) is 15.1. The van der Waals surface area contributed by atoms with Crippen LogP contribution in [0.4, 0.5) is 5.69 Å². The van der Waals surface area contributed by atoms with Crippen molar-refractivity contribution < 1.29 is 28.6 Å². The van der Waals surface area contributed by atoms with Gasteiger partial charge in [0.05, 0.1) is 18.4 Å². The first-order valence-electron chi connectivity index (χ1n) is 6.97. The average molecular weight is 398 g/mol. The van der Waals surface area contributed by atoms with E-state index in [1.165, 1.54) is 21.0 Å². The van der Waals surface area contributed by atoms with Crippen LogP contribution in [0, 0.1) is 6.92 Å². The molecule has 2 rings (SSSR count). The van der Waals surface area contributed by atoms with Crippen LogP contribution in [0.2, 0.25) is 0 Å². The number of ether oxygens (including phenoxy) is 3. The maximum Gasteiger partial charge on any atom is 0.350 e. The highest BCUT2D eigenvalue weighted by molar-refractivity contribution is 9.10. The molecule has 1 aromatic carbocycles. The largest absolute Gasteiger partial charge is 0.465 e. The lowest BCUT2D eigenvalue weighted by molar-refractivity contribution is -0.222. The van der Waals surface area contributed by atoms with Gasteiger partial charge in [0, 0.05) is 24.5 Å². The van der Waals surface area contributed by atoms with Crippen LogP contribution in [0.15, 0.2) is 28.4 Å². The molecule has 0 aromatic heterocycles. The Hall–Kier alpha value is -2.35. The first-order chi connectivity index (χ1) is 11.2. The van der Waals surface area contributed by atoms with Gasteiger partial charge in [-0.15, -0.1) is 0 Å². The molecule has 0 atom stereocenters. The van der Waals surface area contributed by atoms with E-state index in [1.807, 2.05) is 0 Å². The third kappa shape index (κ3) is 3.59. The fourth-order valence-corrected chi connectivity index (χ4v) is 2.43. The second kappa shape index (κ2) is 6.64. The van der Waals surface area contributed by atoms with E-state index in [9.17, 15) is 14.4 Å². The number of hydrogen-bond acceptors (Lipinski definition) is 7. The Balaban J connectivity index is 2.36. The molecule has 0 saturated carbocycles. The lowest BCUT2D eigenvalue weighted by atomic mass is 10.1. The van der Waals surface area contributed by atoms with Crippen LogP contribution in [0.25, 0.3) is 0 Å². The number of esters is 3. The minimum atomic E-state index is -1.31. The highest BCUT2D eigenvalue weighted by Crippen LogP contribution is 2.28. The number of cyclic esters (lactones) is 2. The average Bonchev–Trinajstić information content (AvgIpc) is 2.48. The van der Waals surface area contributed by atoms with E-state index in [-0.39, 0.29) is 11.1 Å². The van der Waals surface area contributed by atoms with Crippen LogP contribution in [0.3, 0.4) is 0 Å². The number of carbonyl (C=O) groups is 3. The maximum absolute atomic E-state index is 12.0. The minimum Gasteiger partial charge on any atom is -0.465 e. The molecule has 7 nitrogen and oxygen atoms in total. The molecule has 0 spiro atoms. The van der Waals surface area contributed by atoms with Crippen LogP contribution >= 0.6 is 15.9 Å². The molecule has 1 saturated heterocycles. The number of hydrogen-bond donors (Lipinski definition) is 1. The van der Waals surface area contributed by atoms with E-state index in [4.69, 9.17) is 14.2 Å². The Morgan fingerprint density at radius 2 is 1.83 bits per heavy atom. The number of methoxy groups -OCH3 is 1. The predicted molar refractivity (Wildman–Crippen MR) is 88.2 cm³/mol. The van der Waals surface area contributed by atoms with Crippen LogP contribution in [-0.2, 0) is 23.8 Å². The monoisotopic (exact) mass is 397 g/mol. The normalized spacial score (nSPS) is 16.1. The third-order valence-corrected chi connectivity index (χ3v) is 4.14. The van der Waals surface area contributed by atoms with Crippen LogP contribution in [0.1, 0.15) is 29.8 Å². The first kappa shape index (κ1) is 18.0. The van der Waals surface area contributed by atoms with E-state index >= 15 is 0 Å². The molecule has 128 valence electrons.